The van der Waals surface area contributed by atoms with Gasteiger partial charge in [0.15, 0.2) is 0 Å². The first-order valence-corrected chi connectivity index (χ1v) is 16.4. The van der Waals surface area contributed by atoms with Gasteiger partial charge in [-0.05, 0) is 77.1 Å². The summed E-state index contributed by atoms with van der Waals surface area (Å²) in [5.41, 5.74) is 4.88. The van der Waals surface area contributed by atoms with Gasteiger partial charge in [-0.15, -0.1) is 0 Å². The minimum atomic E-state index is -0.838. The molecule has 216 valence electrons. The topological polar surface area (TPSA) is 63.7 Å². The molecule has 5 aliphatic rings. The van der Waals surface area contributed by atoms with Crippen LogP contribution in [0, 0.1) is 29.6 Å². The number of ether oxygens (including phenoxy) is 1. The maximum Gasteiger partial charge on any atom is 0.338 e. The Bertz CT molecular complexity index is 1490. The number of carbonyl (C=O) groups excluding carboxylic acids is 3. The zero-order chi connectivity index (χ0) is 29.6. The van der Waals surface area contributed by atoms with Gasteiger partial charge in [0.05, 0.1) is 31.7 Å². The van der Waals surface area contributed by atoms with E-state index in [0.717, 1.165) is 41.5 Å². The second-order valence-corrected chi connectivity index (χ2v) is 15.3. The summed E-state index contributed by atoms with van der Waals surface area (Å²) in [6, 6.07) is 22.8. The van der Waals surface area contributed by atoms with E-state index in [0.29, 0.717) is 29.0 Å². The lowest BCUT2D eigenvalue weighted by Crippen LogP contribution is -2.56. The van der Waals surface area contributed by atoms with Crippen LogP contribution in [0.2, 0.25) is 0 Å². The number of benzene rings is 3. The van der Waals surface area contributed by atoms with Crippen molar-refractivity contribution < 1.29 is 19.1 Å². The summed E-state index contributed by atoms with van der Waals surface area (Å²) in [6.07, 6.45) is 3.00. The molecule has 1 heterocycles. The van der Waals surface area contributed by atoms with Crippen LogP contribution in [0.15, 0.2) is 72.8 Å². The summed E-state index contributed by atoms with van der Waals surface area (Å²) in [4.78, 5) is 43.1. The van der Waals surface area contributed by atoms with Crippen molar-refractivity contribution in [1.29, 1.82) is 0 Å². The standard InChI is InChI=1S/C35H33Br2NO4/c1-19(2)23-17-12-20(3)18-28(23)42-33(41)21-13-15-22(16-14-21)38-31(39)29-30(32(38)40)35(37)25-9-5-4-8-24(25)34(29,36)26-10-6-7-11-27(26)35/h4-11,13-16,19-20,23,28-30H,12,17-18H2,1-3H3/t20-,23+,28-,29+,30+,34?,35?/m1/s1. The first-order valence-electron chi connectivity index (χ1n) is 14.8. The van der Waals surface area contributed by atoms with Crippen LogP contribution in [0.3, 0.4) is 0 Å². The summed E-state index contributed by atoms with van der Waals surface area (Å²) < 4.78 is 4.37. The van der Waals surface area contributed by atoms with Crippen LogP contribution in [0.25, 0.3) is 0 Å². The molecule has 1 saturated heterocycles. The summed E-state index contributed by atoms with van der Waals surface area (Å²) in [6.45, 7) is 6.59. The molecule has 3 aromatic carbocycles. The van der Waals surface area contributed by atoms with Crippen molar-refractivity contribution in [3.63, 3.8) is 0 Å². The maximum atomic E-state index is 14.3. The summed E-state index contributed by atoms with van der Waals surface area (Å²) in [5.74, 6) is -0.816. The Kier molecular flexibility index (Phi) is 6.59. The Balaban J connectivity index is 1.21. The molecule has 0 N–H and O–H groups in total. The van der Waals surface area contributed by atoms with Gasteiger partial charge < -0.3 is 4.74 Å². The smallest absolute Gasteiger partial charge is 0.338 e. The van der Waals surface area contributed by atoms with Crippen LogP contribution in [-0.4, -0.2) is 23.9 Å². The molecule has 1 aliphatic heterocycles. The molecular weight excluding hydrogens is 658 g/mol. The van der Waals surface area contributed by atoms with Crippen molar-refractivity contribution in [2.24, 2.45) is 29.6 Å². The normalized spacial score (nSPS) is 32.9. The number of hydrogen-bond acceptors (Lipinski definition) is 4. The number of nitrogens with zero attached hydrogens (tertiary/aromatic N) is 1. The van der Waals surface area contributed by atoms with E-state index in [-0.39, 0.29) is 23.9 Å². The molecule has 5 nitrogen and oxygen atoms in total. The fourth-order valence-electron chi connectivity index (χ4n) is 8.12. The van der Waals surface area contributed by atoms with E-state index >= 15 is 0 Å². The lowest BCUT2D eigenvalue weighted by atomic mass is 9.54. The maximum absolute atomic E-state index is 14.3. The van der Waals surface area contributed by atoms with E-state index in [1.54, 1.807) is 24.3 Å². The number of halogens is 2. The molecule has 1 saturated carbocycles. The monoisotopic (exact) mass is 689 g/mol. The molecule has 4 aliphatic carbocycles. The van der Waals surface area contributed by atoms with Gasteiger partial charge in [0.2, 0.25) is 11.8 Å². The molecule has 0 spiro atoms. The zero-order valence-corrected chi connectivity index (χ0v) is 27.0. The van der Waals surface area contributed by atoms with E-state index in [1.165, 1.54) is 4.90 Å². The molecule has 8 rings (SSSR count). The highest BCUT2D eigenvalue weighted by molar-refractivity contribution is 9.10. The Hall–Kier alpha value is -2.77. The third-order valence-corrected chi connectivity index (χ3v) is 12.9. The number of alkyl halides is 2. The highest BCUT2D eigenvalue weighted by Gasteiger charge is 2.72. The third-order valence-electron chi connectivity index (χ3n) is 10.2. The Morgan fingerprint density at radius 3 is 1.74 bits per heavy atom. The third kappa shape index (κ3) is 3.75. The van der Waals surface area contributed by atoms with Crippen molar-refractivity contribution in [3.05, 3.63) is 101 Å². The van der Waals surface area contributed by atoms with Gasteiger partial charge in [0.1, 0.15) is 6.10 Å². The summed E-state index contributed by atoms with van der Waals surface area (Å²) in [7, 11) is 0. The molecule has 42 heavy (non-hydrogen) atoms. The van der Waals surface area contributed by atoms with Crippen LogP contribution in [0.4, 0.5) is 5.69 Å². The Morgan fingerprint density at radius 2 is 1.29 bits per heavy atom. The van der Waals surface area contributed by atoms with Crippen LogP contribution >= 0.6 is 31.9 Å². The Labute approximate surface area is 263 Å². The van der Waals surface area contributed by atoms with E-state index in [4.69, 9.17) is 4.74 Å². The number of hydrogen-bond donors (Lipinski definition) is 0. The van der Waals surface area contributed by atoms with Gasteiger partial charge in [-0.1, -0.05) is 108 Å². The van der Waals surface area contributed by atoms with Gasteiger partial charge in [0, 0.05) is 0 Å². The number of amides is 2. The number of imide groups is 1. The second kappa shape index (κ2) is 9.88. The van der Waals surface area contributed by atoms with Crippen molar-refractivity contribution in [2.75, 3.05) is 4.90 Å². The van der Waals surface area contributed by atoms with E-state index in [2.05, 4.69) is 52.6 Å². The number of anilines is 1. The zero-order valence-electron chi connectivity index (χ0n) is 23.8. The van der Waals surface area contributed by atoms with E-state index < -0.39 is 20.5 Å². The average Bonchev–Trinajstić information content (AvgIpc) is 3.26. The molecule has 2 amide bonds. The first-order chi connectivity index (χ1) is 20.1. The summed E-state index contributed by atoms with van der Waals surface area (Å²) in [5, 5.41) is 0. The van der Waals surface area contributed by atoms with Crippen molar-refractivity contribution in [2.45, 2.75) is 54.8 Å². The fourth-order valence-corrected chi connectivity index (χ4v) is 10.4. The fraction of sp³-hybridized carbons (Fsp3) is 0.400. The van der Waals surface area contributed by atoms with Crippen LogP contribution < -0.4 is 4.90 Å². The van der Waals surface area contributed by atoms with Crippen LogP contribution in [0.1, 0.15) is 72.6 Å². The van der Waals surface area contributed by atoms with Gasteiger partial charge in [-0.25, -0.2) is 9.69 Å². The van der Waals surface area contributed by atoms with Gasteiger partial charge in [-0.3, -0.25) is 9.59 Å². The molecule has 0 unspecified atom stereocenters. The predicted molar refractivity (Wildman–Crippen MR) is 169 cm³/mol. The lowest BCUT2D eigenvalue weighted by molar-refractivity contribution is -0.122. The number of rotatable bonds is 4. The van der Waals surface area contributed by atoms with Crippen LogP contribution in [-0.2, 0) is 23.0 Å². The van der Waals surface area contributed by atoms with Crippen LogP contribution in [0.5, 0.6) is 0 Å². The van der Waals surface area contributed by atoms with Crippen molar-refractivity contribution in [3.8, 4) is 0 Å². The molecule has 5 atom stereocenters. The molecule has 2 bridgehead atoms. The lowest BCUT2D eigenvalue weighted by Gasteiger charge is -2.55. The quantitative estimate of drug-likeness (QED) is 0.160. The van der Waals surface area contributed by atoms with Gasteiger partial charge >= 0.3 is 5.97 Å². The average molecular weight is 691 g/mol. The summed E-state index contributed by atoms with van der Waals surface area (Å²) >= 11 is 8.09. The van der Waals surface area contributed by atoms with Crippen molar-refractivity contribution >= 4 is 55.3 Å². The van der Waals surface area contributed by atoms with E-state index in [1.807, 2.05) is 48.5 Å². The molecular formula is C35H33Br2NO4. The van der Waals surface area contributed by atoms with E-state index in [9.17, 15) is 14.4 Å². The highest BCUT2D eigenvalue weighted by Crippen LogP contribution is 2.70. The van der Waals surface area contributed by atoms with Crippen molar-refractivity contribution in [1.82, 2.24) is 0 Å². The predicted octanol–water partition coefficient (Wildman–Crippen LogP) is 7.71. The number of carbonyl (C=O) groups is 3. The molecule has 2 fully saturated rings. The van der Waals surface area contributed by atoms with Gasteiger partial charge in [-0.2, -0.15) is 0 Å². The molecule has 7 heteroatoms. The Morgan fingerprint density at radius 1 is 0.810 bits per heavy atom. The van der Waals surface area contributed by atoms with Gasteiger partial charge in [0.25, 0.3) is 0 Å². The molecule has 0 radical (unpaired) electrons. The molecule has 3 aromatic rings. The minimum absolute atomic E-state index is 0.102. The molecule has 0 aromatic heterocycles. The SMILES string of the molecule is CC(C)[C@@H]1CC[C@@H](C)C[C@H]1OC(=O)c1ccc(N2C(=O)[C@@H]3[C@@H](C2=O)C2(Br)c4ccccc4C3(Br)c3ccccc32)cc1. The second-order valence-electron chi connectivity index (χ2n) is 12.8. The number of esters is 1. The largest absolute Gasteiger partial charge is 0.458 e. The highest BCUT2D eigenvalue weighted by atomic mass is 79.9. The minimum Gasteiger partial charge on any atom is -0.458 e. The first kappa shape index (κ1) is 28.0.